The van der Waals surface area contributed by atoms with Gasteiger partial charge in [-0.3, -0.25) is 14.4 Å². The molecule has 0 aliphatic carbocycles. The number of aliphatic carboxylic acids is 1. The molecule has 2 unspecified atom stereocenters. The van der Waals surface area contributed by atoms with E-state index in [-0.39, 0.29) is 11.5 Å². The standard InChI is InChI=1S/C13H15F3N3O5PS/c1-7(11(20)21)18-25(22,6-23-2)19-12-17-9-4-3-8(5-10(9)26-12)24-13(14,15)16/h3-5,7H,6H2,1-2H3,(H,20,21)(H2,17,18,19,22). The van der Waals surface area contributed by atoms with Gasteiger partial charge in [-0.1, -0.05) is 11.3 Å². The monoisotopic (exact) mass is 413 g/mol. The van der Waals surface area contributed by atoms with Crippen molar-refractivity contribution in [3.05, 3.63) is 18.2 Å². The maximum atomic E-state index is 12.8. The maximum Gasteiger partial charge on any atom is 0.573 e. The molecule has 0 spiro atoms. The molecule has 0 fully saturated rings. The van der Waals surface area contributed by atoms with Gasteiger partial charge in [0.15, 0.2) is 5.13 Å². The quantitative estimate of drug-likeness (QED) is 0.565. The molecule has 0 bridgehead atoms. The molecule has 8 nitrogen and oxygen atoms in total. The van der Waals surface area contributed by atoms with Crippen molar-refractivity contribution in [3.63, 3.8) is 0 Å². The molecule has 0 aliphatic rings. The predicted molar refractivity (Wildman–Crippen MR) is 89.6 cm³/mol. The van der Waals surface area contributed by atoms with Crippen molar-refractivity contribution in [2.75, 3.05) is 18.5 Å². The predicted octanol–water partition coefficient (Wildman–Crippen LogP) is 3.47. The molecular weight excluding hydrogens is 398 g/mol. The van der Waals surface area contributed by atoms with Gasteiger partial charge in [-0.25, -0.2) is 10.1 Å². The first-order valence-electron chi connectivity index (χ1n) is 7.04. The van der Waals surface area contributed by atoms with Crippen molar-refractivity contribution in [1.82, 2.24) is 10.1 Å². The fourth-order valence-electron chi connectivity index (χ4n) is 1.96. The topological polar surface area (TPSA) is 110 Å². The summed E-state index contributed by atoms with van der Waals surface area (Å²) in [6.07, 6.45) is -5.13. The van der Waals surface area contributed by atoms with E-state index in [1.807, 2.05) is 0 Å². The Morgan fingerprint density at radius 1 is 1.46 bits per heavy atom. The molecule has 0 amide bonds. The van der Waals surface area contributed by atoms with Gasteiger partial charge in [-0.05, 0) is 19.1 Å². The van der Waals surface area contributed by atoms with Crippen LogP contribution in [-0.4, -0.2) is 41.9 Å². The van der Waals surface area contributed by atoms with Crippen LogP contribution in [0.5, 0.6) is 5.75 Å². The van der Waals surface area contributed by atoms with Crippen LogP contribution in [0.3, 0.4) is 0 Å². The summed E-state index contributed by atoms with van der Waals surface area (Å²) < 4.78 is 58.7. The number of benzene rings is 1. The van der Waals surface area contributed by atoms with Crippen molar-refractivity contribution >= 4 is 40.1 Å². The number of thiazole rings is 1. The molecule has 2 aromatic rings. The second kappa shape index (κ2) is 7.78. The zero-order valence-corrected chi connectivity index (χ0v) is 15.2. The number of aromatic nitrogens is 1. The van der Waals surface area contributed by atoms with Gasteiger partial charge >= 0.3 is 12.3 Å². The Bertz CT molecular complexity index is 844. The van der Waals surface area contributed by atoms with Crippen LogP contribution in [0.4, 0.5) is 18.3 Å². The summed E-state index contributed by atoms with van der Waals surface area (Å²) in [5.41, 5.74) is 0.363. The normalized spacial score (nSPS) is 15.4. The lowest BCUT2D eigenvalue weighted by molar-refractivity contribution is -0.274. The number of ether oxygens (including phenoxy) is 2. The smallest absolute Gasteiger partial charge is 0.480 e. The largest absolute Gasteiger partial charge is 0.573 e. The second-order valence-electron chi connectivity index (χ2n) is 5.15. The number of halogens is 3. The van der Waals surface area contributed by atoms with Crippen molar-refractivity contribution in [2.24, 2.45) is 0 Å². The summed E-state index contributed by atoms with van der Waals surface area (Å²) in [4.78, 5) is 15.1. The zero-order valence-electron chi connectivity index (χ0n) is 13.5. The number of hydrogen-bond donors (Lipinski definition) is 3. The number of methoxy groups -OCH3 is 1. The van der Waals surface area contributed by atoms with Gasteiger partial charge in [0.2, 0.25) is 0 Å². The third-order valence-corrected chi connectivity index (χ3v) is 6.04. The van der Waals surface area contributed by atoms with Gasteiger partial charge in [-0.15, -0.1) is 13.2 Å². The number of nitrogens with zero attached hydrogens (tertiary/aromatic N) is 1. The summed E-state index contributed by atoms with van der Waals surface area (Å²) in [6.45, 7) is 1.31. The number of carboxylic acids is 1. The van der Waals surface area contributed by atoms with E-state index in [1.54, 1.807) is 0 Å². The minimum atomic E-state index is -4.81. The summed E-state index contributed by atoms with van der Waals surface area (Å²) in [5.74, 6) is -1.61. The average Bonchev–Trinajstić information content (AvgIpc) is 2.86. The van der Waals surface area contributed by atoms with E-state index in [4.69, 9.17) is 9.84 Å². The molecule has 1 aromatic carbocycles. The highest BCUT2D eigenvalue weighted by Crippen LogP contribution is 2.44. The number of fused-ring (bicyclic) bond motifs is 1. The first kappa shape index (κ1) is 20.4. The minimum absolute atomic E-state index is 0.134. The molecule has 3 N–H and O–H groups in total. The molecule has 1 heterocycles. The molecule has 13 heteroatoms. The molecule has 26 heavy (non-hydrogen) atoms. The molecule has 2 rings (SSSR count). The molecule has 0 saturated carbocycles. The maximum absolute atomic E-state index is 12.8. The first-order valence-corrected chi connectivity index (χ1v) is 9.75. The second-order valence-corrected chi connectivity index (χ2v) is 8.40. The Kier molecular flexibility index (Phi) is 6.12. The van der Waals surface area contributed by atoms with Crippen molar-refractivity contribution < 1.29 is 37.1 Å². The van der Waals surface area contributed by atoms with Crippen LogP contribution >= 0.6 is 18.8 Å². The van der Waals surface area contributed by atoms with Gasteiger partial charge < -0.3 is 14.6 Å². The molecule has 2 atom stereocenters. The van der Waals surface area contributed by atoms with E-state index in [9.17, 15) is 22.5 Å². The van der Waals surface area contributed by atoms with Crippen LogP contribution < -0.4 is 14.9 Å². The van der Waals surface area contributed by atoms with Gasteiger partial charge in [0.05, 0.1) is 10.2 Å². The average molecular weight is 413 g/mol. The fourth-order valence-corrected chi connectivity index (χ4v) is 4.99. The van der Waals surface area contributed by atoms with E-state index < -0.39 is 31.6 Å². The lowest BCUT2D eigenvalue weighted by Crippen LogP contribution is -2.34. The van der Waals surface area contributed by atoms with E-state index in [1.165, 1.54) is 20.1 Å². The van der Waals surface area contributed by atoms with Crippen molar-refractivity contribution in [1.29, 1.82) is 0 Å². The summed E-state index contributed by atoms with van der Waals surface area (Å²) >= 11 is 0.941. The fraction of sp³-hybridized carbons (Fsp3) is 0.385. The zero-order chi connectivity index (χ0) is 19.5. The third-order valence-electron chi connectivity index (χ3n) is 2.95. The highest BCUT2D eigenvalue weighted by molar-refractivity contribution is 7.63. The Balaban J connectivity index is 2.25. The van der Waals surface area contributed by atoms with E-state index in [0.717, 1.165) is 23.5 Å². The number of hydrogen-bond acceptors (Lipinski definition) is 6. The summed E-state index contributed by atoms with van der Waals surface area (Å²) in [5, 5.41) is 14.1. The van der Waals surface area contributed by atoms with Gasteiger partial charge in [0.1, 0.15) is 18.1 Å². The van der Waals surface area contributed by atoms with Crippen LogP contribution in [-0.2, 0) is 14.1 Å². The van der Waals surface area contributed by atoms with Crippen LogP contribution in [0.2, 0.25) is 0 Å². The first-order chi connectivity index (χ1) is 12.0. The van der Waals surface area contributed by atoms with Crippen LogP contribution in [0.15, 0.2) is 18.2 Å². The number of carbonyl (C=O) groups is 1. The number of anilines is 1. The number of rotatable bonds is 8. The molecule has 0 saturated heterocycles. The van der Waals surface area contributed by atoms with Gasteiger partial charge in [0, 0.05) is 13.2 Å². The highest BCUT2D eigenvalue weighted by atomic mass is 32.1. The van der Waals surface area contributed by atoms with Gasteiger partial charge in [-0.2, -0.15) is 0 Å². The molecule has 144 valence electrons. The molecular formula is C13H15F3N3O5PS. The number of alkyl halides is 3. The van der Waals surface area contributed by atoms with E-state index in [0.29, 0.717) is 10.2 Å². The van der Waals surface area contributed by atoms with E-state index in [2.05, 4.69) is 19.9 Å². The number of nitrogens with one attached hydrogen (secondary N) is 2. The van der Waals surface area contributed by atoms with Crippen molar-refractivity contribution in [3.8, 4) is 5.75 Å². The Labute approximate surface area is 149 Å². The Morgan fingerprint density at radius 3 is 2.73 bits per heavy atom. The molecule has 0 aliphatic heterocycles. The lowest BCUT2D eigenvalue weighted by Gasteiger charge is -2.21. The SMILES string of the molecule is COCP(=O)(Nc1nc2ccc(OC(F)(F)F)cc2s1)NC(C)C(=O)O. The van der Waals surface area contributed by atoms with E-state index >= 15 is 0 Å². The summed E-state index contributed by atoms with van der Waals surface area (Å²) in [7, 11) is -2.23. The molecule has 0 radical (unpaired) electrons. The third kappa shape index (κ3) is 5.56. The number of carboxylic acid groups (broad SMARTS) is 1. The minimum Gasteiger partial charge on any atom is -0.480 e. The van der Waals surface area contributed by atoms with Gasteiger partial charge in [0.25, 0.3) is 7.44 Å². The van der Waals surface area contributed by atoms with Crippen LogP contribution in [0.1, 0.15) is 6.92 Å². The lowest BCUT2D eigenvalue weighted by atomic mass is 10.3. The van der Waals surface area contributed by atoms with Crippen LogP contribution in [0, 0.1) is 0 Å². The van der Waals surface area contributed by atoms with Crippen molar-refractivity contribution in [2.45, 2.75) is 19.3 Å². The molecule has 1 aromatic heterocycles. The summed E-state index contributed by atoms with van der Waals surface area (Å²) in [6, 6.07) is 2.47. The Morgan fingerprint density at radius 2 is 2.15 bits per heavy atom. The Hall–Kier alpha value is -1.88. The van der Waals surface area contributed by atoms with Crippen LogP contribution in [0.25, 0.3) is 10.2 Å². The highest BCUT2D eigenvalue weighted by Gasteiger charge is 2.31.